The molecule has 0 aliphatic carbocycles. The minimum absolute atomic E-state index is 0.388. The van der Waals surface area contributed by atoms with E-state index in [9.17, 15) is 18.0 Å². The van der Waals surface area contributed by atoms with Crippen LogP contribution in [0.2, 0.25) is 0 Å². The maximum absolute atomic E-state index is 12.2. The minimum atomic E-state index is -5.04. The first kappa shape index (κ1) is 14.1. The zero-order chi connectivity index (χ0) is 13.9. The average Bonchev–Trinajstić information content (AvgIpc) is 2.26. The Hall–Kier alpha value is -1.94. The summed E-state index contributed by atoms with van der Waals surface area (Å²) in [6.45, 7) is 0. The molecular weight excluding hydrogens is 275 g/mol. The first-order chi connectivity index (χ1) is 8.30. The lowest BCUT2D eigenvalue weighted by Gasteiger charge is -2.15. The van der Waals surface area contributed by atoms with E-state index < -0.39 is 35.1 Å². The number of carboxylic acids is 1. The van der Waals surface area contributed by atoms with Gasteiger partial charge in [-0.15, -0.1) is 24.8 Å². The van der Waals surface area contributed by atoms with Crippen LogP contribution < -0.4 is 4.74 Å². The fourth-order valence-electron chi connectivity index (χ4n) is 1.28. The molecule has 1 rings (SSSR count). The molecule has 0 spiro atoms. The van der Waals surface area contributed by atoms with Crippen molar-refractivity contribution in [1.29, 1.82) is 5.26 Å². The Balaban J connectivity index is 3.48. The lowest BCUT2D eigenvalue weighted by atomic mass is 10.0. The van der Waals surface area contributed by atoms with Crippen molar-refractivity contribution in [3.8, 4) is 11.8 Å². The summed E-state index contributed by atoms with van der Waals surface area (Å²) in [4.78, 5) is 10.8. The first-order valence-electron chi connectivity index (χ1n) is 4.41. The normalized spacial score (nSPS) is 10.8. The highest BCUT2D eigenvalue weighted by atomic mass is 35.5. The zero-order valence-corrected chi connectivity index (χ0v) is 9.34. The summed E-state index contributed by atoms with van der Waals surface area (Å²) in [5.41, 5.74) is -1.27. The molecule has 8 heteroatoms. The fourth-order valence-corrected chi connectivity index (χ4v) is 1.55. The number of carbonyl (C=O) groups is 1. The molecule has 0 aliphatic rings. The monoisotopic (exact) mass is 279 g/mol. The van der Waals surface area contributed by atoms with Gasteiger partial charge in [-0.1, -0.05) is 0 Å². The van der Waals surface area contributed by atoms with Crippen molar-refractivity contribution in [2.75, 3.05) is 0 Å². The van der Waals surface area contributed by atoms with Crippen LogP contribution in [0.4, 0.5) is 13.2 Å². The van der Waals surface area contributed by atoms with Gasteiger partial charge in [-0.25, -0.2) is 4.79 Å². The number of benzene rings is 1. The van der Waals surface area contributed by atoms with Crippen LogP contribution in [0.1, 0.15) is 21.5 Å². The second-order valence-electron chi connectivity index (χ2n) is 3.07. The van der Waals surface area contributed by atoms with E-state index in [0.717, 1.165) is 12.1 Å². The SMILES string of the molecule is N#Cc1ccc(C(=O)O)c(CCl)c1OC(F)(F)F. The van der Waals surface area contributed by atoms with Gasteiger partial charge in [-0.05, 0) is 12.1 Å². The Morgan fingerprint density at radius 2 is 2.11 bits per heavy atom. The van der Waals surface area contributed by atoms with E-state index in [-0.39, 0.29) is 5.56 Å². The first-order valence-corrected chi connectivity index (χ1v) is 4.94. The third-order valence-electron chi connectivity index (χ3n) is 1.96. The van der Waals surface area contributed by atoms with Crippen LogP contribution in [-0.4, -0.2) is 17.4 Å². The third-order valence-corrected chi connectivity index (χ3v) is 2.23. The van der Waals surface area contributed by atoms with E-state index in [2.05, 4.69) is 4.74 Å². The van der Waals surface area contributed by atoms with Crippen molar-refractivity contribution >= 4 is 17.6 Å². The van der Waals surface area contributed by atoms with Crippen molar-refractivity contribution in [1.82, 2.24) is 0 Å². The summed E-state index contributed by atoms with van der Waals surface area (Å²) in [7, 11) is 0. The molecule has 0 heterocycles. The maximum Gasteiger partial charge on any atom is 0.573 e. The Morgan fingerprint density at radius 3 is 2.50 bits per heavy atom. The van der Waals surface area contributed by atoms with Crippen LogP contribution >= 0.6 is 11.6 Å². The average molecular weight is 280 g/mol. The highest BCUT2D eigenvalue weighted by molar-refractivity contribution is 6.18. The highest BCUT2D eigenvalue weighted by Crippen LogP contribution is 2.33. The van der Waals surface area contributed by atoms with E-state index in [1.165, 1.54) is 6.07 Å². The molecule has 0 unspecified atom stereocenters. The predicted octanol–water partition coefficient (Wildman–Crippen LogP) is 2.89. The van der Waals surface area contributed by atoms with Crippen LogP contribution in [0.25, 0.3) is 0 Å². The van der Waals surface area contributed by atoms with Gasteiger partial charge in [0, 0.05) is 5.56 Å². The predicted molar refractivity (Wildman–Crippen MR) is 54.4 cm³/mol. The van der Waals surface area contributed by atoms with Gasteiger partial charge in [0.05, 0.1) is 17.0 Å². The van der Waals surface area contributed by atoms with Crippen molar-refractivity contribution < 1.29 is 27.8 Å². The van der Waals surface area contributed by atoms with E-state index >= 15 is 0 Å². The Kier molecular flexibility index (Phi) is 4.03. The van der Waals surface area contributed by atoms with Crippen LogP contribution in [0.15, 0.2) is 12.1 Å². The van der Waals surface area contributed by atoms with Crippen LogP contribution in [-0.2, 0) is 5.88 Å². The molecule has 18 heavy (non-hydrogen) atoms. The molecule has 1 aromatic carbocycles. The number of alkyl halides is 4. The summed E-state index contributed by atoms with van der Waals surface area (Å²) in [6.07, 6.45) is -5.04. The molecule has 0 saturated heterocycles. The number of rotatable bonds is 3. The zero-order valence-electron chi connectivity index (χ0n) is 8.58. The largest absolute Gasteiger partial charge is 0.573 e. The number of nitrogens with zero attached hydrogens (tertiary/aromatic N) is 1. The number of ether oxygens (including phenoxy) is 1. The molecule has 0 saturated carbocycles. The quantitative estimate of drug-likeness (QED) is 0.864. The van der Waals surface area contributed by atoms with E-state index in [1.807, 2.05) is 0 Å². The summed E-state index contributed by atoms with van der Waals surface area (Å²) >= 11 is 5.42. The van der Waals surface area contributed by atoms with Gasteiger partial charge in [0.2, 0.25) is 0 Å². The highest BCUT2D eigenvalue weighted by Gasteiger charge is 2.34. The number of halogens is 4. The molecule has 0 amide bonds. The van der Waals surface area contributed by atoms with Gasteiger partial charge >= 0.3 is 12.3 Å². The Bertz CT molecular complexity index is 522. The van der Waals surface area contributed by atoms with Gasteiger partial charge in [0.25, 0.3) is 0 Å². The Morgan fingerprint density at radius 1 is 1.50 bits per heavy atom. The van der Waals surface area contributed by atoms with E-state index in [0.29, 0.717) is 0 Å². The van der Waals surface area contributed by atoms with Crippen molar-refractivity contribution in [2.45, 2.75) is 12.2 Å². The lowest BCUT2D eigenvalue weighted by molar-refractivity contribution is -0.275. The van der Waals surface area contributed by atoms with Gasteiger partial charge in [0.15, 0.2) is 5.75 Å². The molecule has 1 aromatic rings. The summed E-state index contributed by atoms with van der Waals surface area (Å²) in [5.74, 6) is -2.86. The minimum Gasteiger partial charge on any atom is -0.478 e. The number of hydrogen-bond acceptors (Lipinski definition) is 3. The second-order valence-corrected chi connectivity index (χ2v) is 3.33. The number of aromatic carboxylic acids is 1. The lowest BCUT2D eigenvalue weighted by Crippen LogP contribution is -2.20. The molecule has 96 valence electrons. The van der Waals surface area contributed by atoms with Crippen molar-refractivity contribution in [2.24, 2.45) is 0 Å². The smallest absolute Gasteiger partial charge is 0.478 e. The van der Waals surface area contributed by atoms with Gasteiger partial charge in [-0.3, -0.25) is 0 Å². The molecule has 0 aromatic heterocycles. The summed E-state index contributed by atoms with van der Waals surface area (Å²) in [6, 6.07) is 3.42. The van der Waals surface area contributed by atoms with Crippen molar-refractivity contribution in [3.05, 3.63) is 28.8 Å². The second kappa shape index (κ2) is 5.14. The fraction of sp³-hybridized carbons (Fsp3) is 0.200. The van der Waals surface area contributed by atoms with E-state index in [1.54, 1.807) is 0 Å². The number of nitriles is 1. The molecule has 1 N–H and O–H groups in total. The number of carboxylic acid groups (broad SMARTS) is 1. The molecule has 0 radical (unpaired) electrons. The third kappa shape index (κ3) is 3.05. The molecule has 0 bridgehead atoms. The Labute approximate surface area is 104 Å². The molecule has 4 nitrogen and oxygen atoms in total. The van der Waals surface area contributed by atoms with Gasteiger partial charge < -0.3 is 9.84 Å². The van der Waals surface area contributed by atoms with Gasteiger partial charge in [0.1, 0.15) is 6.07 Å². The molecular formula is C10H5ClF3NO3. The van der Waals surface area contributed by atoms with Gasteiger partial charge in [-0.2, -0.15) is 5.26 Å². The van der Waals surface area contributed by atoms with Crippen LogP contribution in [0, 0.1) is 11.3 Å². The van der Waals surface area contributed by atoms with Crippen LogP contribution in [0.3, 0.4) is 0 Å². The molecule has 0 aliphatic heterocycles. The summed E-state index contributed by atoms with van der Waals surface area (Å²) in [5, 5.41) is 17.5. The summed E-state index contributed by atoms with van der Waals surface area (Å²) < 4.78 is 40.2. The standard InChI is InChI=1S/C10H5ClF3NO3/c11-3-7-6(9(16)17)2-1-5(4-15)8(7)18-10(12,13)14/h1-2H,3H2,(H,16,17). The van der Waals surface area contributed by atoms with Crippen molar-refractivity contribution in [3.63, 3.8) is 0 Å². The topological polar surface area (TPSA) is 70.3 Å². The molecule has 0 fully saturated rings. The van der Waals surface area contributed by atoms with E-state index in [4.69, 9.17) is 22.0 Å². The maximum atomic E-state index is 12.2. The van der Waals surface area contributed by atoms with Crippen LogP contribution in [0.5, 0.6) is 5.75 Å². The molecule has 0 atom stereocenters. The number of hydrogen-bond donors (Lipinski definition) is 1.